The lowest BCUT2D eigenvalue weighted by atomic mass is 10.5. The van der Waals surface area contributed by atoms with Gasteiger partial charge in [0.15, 0.2) is 0 Å². The highest BCUT2D eigenvalue weighted by molar-refractivity contribution is 5.74. The van der Waals surface area contributed by atoms with Crippen LogP contribution in [0.5, 0.6) is 0 Å². The molecule has 0 aliphatic rings. The van der Waals surface area contributed by atoms with Gasteiger partial charge in [-0.3, -0.25) is 4.79 Å². The largest absolute Gasteiger partial charge is 0.385 e. The summed E-state index contributed by atoms with van der Waals surface area (Å²) in [5, 5.41) is 2.37. The van der Waals surface area contributed by atoms with Crippen LogP contribution in [0, 0.1) is 0 Å². The van der Waals surface area contributed by atoms with E-state index in [4.69, 9.17) is 5.73 Å². The Kier molecular flexibility index (Phi) is 3.20. The van der Waals surface area contributed by atoms with Crippen LogP contribution in [0.4, 0.5) is 0 Å². The van der Waals surface area contributed by atoms with E-state index in [2.05, 4.69) is 11.9 Å². The molecule has 0 radical (unpaired) electrons. The van der Waals surface area contributed by atoms with Crippen LogP contribution in [0.25, 0.3) is 0 Å². The van der Waals surface area contributed by atoms with Crippen molar-refractivity contribution in [1.82, 2.24) is 5.32 Å². The van der Waals surface area contributed by atoms with Crippen molar-refractivity contribution in [2.75, 3.05) is 0 Å². The molecule has 1 amide bonds. The molecule has 0 saturated carbocycles. The average Bonchev–Trinajstić information content (AvgIpc) is 1.63. The molecule has 50 valence electrons. The summed E-state index contributed by atoms with van der Waals surface area (Å²) in [6, 6.07) is 0. The van der Waals surface area contributed by atoms with E-state index in [9.17, 15) is 4.79 Å². The first kappa shape index (κ1) is 7.75. The zero-order chi connectivity index (χ0) is 7.28. The molecule has 0 bridgehead atoms. The predicted molar refractivity (Wildman–Crippen MR) is 36.3 cm³/mol. The van der Waals surface area contributed by atoms with E-state index in [0.717, 1.165) is 0 Å². The summed E-state index contributed by atoms with van der Waals surface area (Å²) < 4.78 is 0. The molecular weight excluding hydrogens is 116 g/mol. The molecule has 0 fully saturated rings. The molecule has 9 heavy (non-hydrogen) atoms. The van der Waals surface area contributed by atoms with E-state index in [1.807, 2.05) is 0 Å². The van der Waals surface area contributed by atoms with E-state index < -0.39 is 0 Å². The number of hydrogen-bond donors (Lipinski definition) is 2. The Morgan fingerprint density at radius 3 is 2.67 bits per heavy atom. The Morgan fingerprint density at radius 2 is 2.33 bits per heavy atom. The molecule has 0 aromatic carbocycles. The van der Waals surface area contributed by atoms with E-state index in [1.165, 1.54) is 19.1 Å². The molecule has 0 aliphatic carbocycles. The molecule has 0 spiro atoms. The number of nitrogens with two attached hydrogens (primary N) is 1. The lowest BCUT2D eigenvalue weighted by Gasteiger charge is -1.97. The molecule has 0 aliphatic heterocycles. The SMILES string of the molecule is C=C/C=C(/N)NC(C)=O. The fourth-order valence-electron chi connectivity index (χ4n) is 0.372. The third-order valence-electron chi connectivity index (χ3n) is 0.618. The van der Waals surface area contributed by atoms with E-state index in [0.29, 0.717) is 5.82 Å². The van der Waals surface area contributed by atoms with Crippen LogP contribution in [0.1, 0.15) is 6.92 Å². The molecule has 0 atom stereocenters. The van der Waals surface area contributed by atoms with Gasteiger partial charge in [0.1, 0.15) is 5.82 Å². The maximum atomic E-state index is 10.3. The first-order chi connectivity index (χ1) is 4.16. The van der Waals surface area contributed by atoms with Gasteiger partial charge in [-0.25, -0.2) is 0 Å². The van der Waals surface area contributed by atoms with E-state index in [-0.39, 0.29) is 5.91 Å². The van der Waals surface area contributed by atoms with Crippen LogP contribution in [0.3, 0.4) is 0 Å². The number of carbonyl (C=O) groups excluding carboxylic acids is 1. The maximum Gasteiger partial charge on any atom is 0.222 e. The molecule has 3 nitrogen and oxygen atoms in total. The first-order valence-corrected chi connectivity index (χ1v) is 2.52. The van der Waals surface area contributed by atoms with Gasteiger partial charge in [-0.1, -0.05) is 12.7 Å². The van der Waals surface area contributed by atoms with Gasteiger partial charge in [0, 0.05) is 6.92 Å². The van der Waals surface area contributed by atoms with E-state index in [1.54, 1.807) is 0 Å². The second-order valence-corrected chi connectivity index (χ2v) is 1.54. The van der Waals surface area contributed by atoms with Gasteiger partial charge in [0.05, 0.1) is 0 Å². The lowest BCUT2D eigenvalue weighted by Crippen LogP contribution is -2.24. The average molecular weight is 126 g/mol. The van der Waals surface area contributed by atoms with Gasteiger partial charge < -0.3 is 11.1 Å². The van der Waals surface area contributed by atoms with Gasteiger partial charge in [0.25, 0.3) is 0 Å². The van der Waals surface area contributed by atoms with Crippen molar-refractivity contribution < 1.29 is 4.79 Å². The minimum atomic E-state index is -0.175. The molecule has 0 aromatic heterocycles. The summed E-state index contributed by atoms with van der Waals surface area (Å²) in [6.45, 7) is 4.79. The first-order valence-electron chi connectivity index (χ1n) is 2.52. The summed E-state index contributed by atoms with van der Waals surface area (Å²) in [7, 11) is 0. The third-order valence-corrected chi connectivity index (χ3v) is 0.618. The predicted octanol–water partition coefficient (Wildman–Crippen LogP) is 0.109. The lowest BCUT2D eigenvalue weighted by molar-refractivity contribution is -0.118. The maximum absolute atomic E-state index is 10.3. The van der Waals surface area contributed by atoms with Gasteiger partial charge in [0.2, 0.25) is 5.91 Å². The van der Waals surface area contributed by atoms with Gasteiger partial charge in [-0.05, 0) is 6.08 Å². The van der Waals surface area contributed by atoms with Crippen LogP contribution in [0.2, 0.25) is 0 Å². The molecule has 0 unspecified atom stereocenters. The quantitative estimate of drug-likeness (QED) is 0.516. The Hall–Kier alpha value is -1.25. The van der Waals surface area contributed by atoms with Crippen molar-refractivity contribution in [3.63, 3.8) is 0 Å². The van der Waals surface area contributed by atoms with Crippen LogP contribution >= 0.6 is 0 Å². The topological polar surface area (TPSA) is 55.1 Å². The fraction of sp³-hybridized carbons (Fsp3) is 0.167. The van der Waals surface area contributed by atoms with Crippen LogP contribution in [-0.2, 0) is 4.79 Å². The zero-order valence-electron chi connectivity index (χ0n) is 5.35. The van der Waals surface area contributed by atoms with Crippen molar-refractivity contribution in [2.45, 2.75) is 6.92 Å². The minimum Gasteiger partial charge on any atom is -0.385 e. The Morgan fingerprint density at radius 1 is 1.78 bits per heavy atom. The number of nitrogens with one attached hydrogen (secondary N) is 1. The summed E-state index contributed by atoms with van der Waals surface area (Å²) in [6.07, 6.45) is 3.02. The van der Waals surface area contributed by atoms with E-state index >= 15 is 0 Å². The Labute approximate surface area is 54.2 Å². The van der Waals surface area contributed by atoms with Crippen LogP contribution in [-0.4, -0.2) is 5.91 Å². The second kappa shape index (κ2) is 3.72. The van der Waals surface area contributed by atoms with Gasteiger partial charge in [-0.2, -0.15) is 0 Å². The summed E-state index contributed by atoms with van der Waals surface area (Å²) in [4.78, 5) is 10.3. The summed E-state index contributed by atoms with van der Waals surface area (Å²) >= 11 is 0. The smallest absolute Gasteiger partial charge is 0.222 e. The highest BCUT2D eigenvalue weighted by atomic mass is 16.1. The fourth-order valence-corrected chi connectivity index (χ4v) is 0.372. The molecular formula is C6H10N2O. The van der Waals surface area contributed by atoms with Crippen molar-refractivity contribution in [3.05, 3.63) is 24.6 Å². The summed E-state index contributed by atoms with van der Waals surface area (Å²) in [5.74, 6) is 0.142. The molecule has 0 heterocycles. The normalized spacial score (nSPS) is 10.6. The minimum absolute atomic E-state index is 0.175. The molecule has 0 rings (SSSR count). The highest BCUT2D eigenvalue weighted by Gasteiger charge is 1.88. The monoisotopic (exact) mass is 126 g/mol. The molecule has 3 heteroatoms. The van der Waals surface area contributed by atoms with Crippen molar-refractivity contribution in [3.8, 4) is 0 Å². The number of hydrogen-bond acceptors (Lipinski definition) is 2. The zero-order valence-corrected chi connectivity index (χ0v) is 5.35. The standard InChI is InChI=1S/C6H10N2O/c1-3-4-6(7)8-5(2)9/h3-4H,1,7H2,2H3,(H,8,9)/b6-4-. The number of carbonyl (C=O) groups is 1. The number of amides is 1. The second-order valence-electron chi connectivity index (χ2n) is 1.54. The summed E-state index contributed by atoms with van der Waals surface area (Å²) in [5.41, 5.74) is 5.24. The van der Waals surface area contributed by atoms with Crippen LogP contribution < -0.4 is 11.1 Å². The third kappa shape index (κ3) is 4.61. The van der Waals surface area contributed by atoms with Crippen molar-refractivity contribution in [2.24, 2.45) is 5.73 Å². The Balaban J connectivity index is 3.75. The van der Waals surface area contributed by atoms with Crippen LogP contribution in [0.15, 0.2) is 24.6 Å². The van der Waals surface area contributed by atoms with Gasteiger partial charge in [-0.15, -0.1) is 0 Å². The Bertz CT molecular complexity index is 149. The van der Waals surface area contributed by atoms with Crippen molar-refractivity contribution >= 4 is 5.91 Å². The van der Waals surface area contributed by atoms with Crippen molar-refractivity contribution in [1.29, 1.82) is 0 Å². The molecule has 0 aromatic rings. The highest BCUT2D eigenvalue weighted by Crippen LogP contribution is 1.76. The van der Waals surface area contributed by atoms with Gasteiger partial charge >= 0.3 is 0 Å². The molecule has 0 saturated heterocycles. The number of allylic oxidation sites excluding steroid dienone is 2. The number of rotatable bonds is 2. The molecule has 3 N–H and O–H groups in total.